The fourth-order valence-electron chi connectivity index (χ4n) is 3.10. The Morgan fingerprint density at radius 3 is 2.33 bits per heavy atom. The van der Waals surface area contributed by atoms with Gasteiger partial charge in [-0.1, -0.05) is 46.0 Å². The van der Waals surface area contributed by atoms with Gasteiger partial charge in [0.1, 0.15) is 5.75 Å². The first-order valence-electron chi connectivity index (χ1n) is 11.3. The summed E-state index contributed by atoms with van der Waals surface area (Å²) >= 11 is 0. The molecular weight excluding hydrogens is 376 g/mol. The van der Waals surface area contributed by atoms with Crippen LogP contribution in [0.1, 0.15) is 71.4 Å². The molecule has 0 spiro atoms. The van der Waals surface area contributed by atoms with Crippen LogP contribution in [0.5, 0.6) is 5.75 Å². The second-order valence-electron chi connectivity index (χ2n) is 7.83. The zero-order chi connectivity index (χ0) is 21.6. The van der Waals surface area contributed by atoms with E-state index in [9.17, 15) is 4.79 Å². The van der Waals surface area contributed by atoms with E-state index in [1.165, 1.54) is 38.5 Å². The largest absolute Gasteiger partial charge is 0.426 e. The van der Waals surface area contributed by atoms with Crippen molar-refractivity contribution in [2.24, 2.45) is 5.92 Å². The summed E-state index contributed by atoms with van der Waals surface area (Å²) in [5, 5.41) is 0. The highest BCUT2D eigenvalue weighted by Crippen LogP contribution is 2.21. The molecule has 164 valence electrons. The monoisotopic (exact) mass is 412 g/mol. The van der Waals surface area contributed by atoms with Crippen molar-refractivity contribution in [3.05, 3.63) is 42.4 Å². The second kappa shape index (κ2) is 13.9. The van der Waals surface area contributed by atoms with Crippen molar-refractivity contribution >= 4 is 5.97 Å². The number of hydrogen-bond donors (Lipinski definition) is 0. The minimum absolute atomic E-state index is 0.280. The van der Waals surface area contributed by atoms with Gasteiger partial charge in [-0.25, -0.2) is 0 Å². The Morgan fingerprint density at radius 1 is 0.933 bits per heavy atom. The Balaban J connectivity index is 1.80. The zero-order valence-corrected chi connectivity index (χ0v) is 18.7. The molecule has 0 saturated heterocycles. The molecular formula is C25H36N2O3. The lowest BCUT2D eigenvalue weighted by atomic mass is 10.1. The highest BCUT2D eigenvalue weighted by atomic mass is 16.5. The van der Waals surface area contributed by atoms with Crippen LogP contribution in [0.3, 0.4) is 0 Å². The van der Waals surface area contributed by atoms with E-state index in [0.717, 1.165) is 29.8 Å². The summed E-state index contributed by atoms with van der Waals surface area (Å²) in [6, 6.07) is 7.38. The van der Waals surface area contributed by atoms with Crippen molar-refractivity contribution in [2.75, 3.05) is 13.2 Å². The number of ether oxygens (including phenoxy) is 2. The Bertz CT molecular complexity index is 729. The van der Waals surface area contributed by atoms with Crippen LogP contribution < -0.4 is 4.74 Å². The number of nitrogens with zero attached hydrogens (tertiary/aromatic N) is 2. The second-order valence-corrected chi connectivity index (χ2v) is 7.83. The van der Waals surface area contributed by atoms with Gasteiger partial charge in [-0.05, 0) is 50.5 Å². The van der Waals surface area contributed by atoms with Crippen LogP contribution in [0.25, 0.3) is 11.3 Å². The van der Waals surface area contributed by atoms with E-state index in [0.29, 0.717) is 19.0 Å². The lowest BCUT2D eigenvalue weighted by molar-refractivity contribution is -0.140. The first kappa shape index (κ1) is 24.0. The molecule has 0 aliphatic heterocycles. The Labute approximate surface area is 181 Å². The summed E-state index contributed by atoms with van der Waals surface area (Å²) < 4.78 is 10.9. The summed E-state index contributed by atoms with van der Waals surface area (Å²) in [4.78, 5) is 21.2. The Morgan fingerprint density at radius 2 is 1.67 bits per heavy atom. The number of esters is 1. The summed E-state index contributed by atoms with van der Waals surface area (Å²) in [7, 11) is 0. The van der Waals surface area contributed by atoms with Crippen LogP contribution in [0, 0.1) is 5.92 Å². The number of unbranched alkanes of at least 4 members (excludes halogenated alkanes) is 5. The quantitative estimate of drug-likeness (QED) is 0.216. The van der Waals surface area contributed by atoms with E-state index in [1.807, 2.05) is 38.4 Å². The number of benzene rings is 1. The third-order valence-corrected chi connectivity index (χ3v) is 4.98. The maximum Gasteiger partial charge on any atom is 0.316 e. The fourth-order valence-corrected chi connectivity index (χ4v) is 3.10. The molecule has 0 N–H and O–H groups in total. The van der Waals surface area contributed by atoms with Gasteiger partial charge >= 0.3 is 5.97 Å². The standard InChI is InChI=1S/C25H36N2O3/c1-4-6-7-8-9-10-11-22-17-27-24(18-26-22)21-12-14-23(15-13-21)30-25(28)20(3)19-29-16-5-2/h12-15,17-18,20H,4-11,16,19H2,1-3H3. The molecule has 0 bridgehead atoms. The van der Waals surface area contributed by atoms with E-state index in [2.05, 4.69) is 16.9 Å². The number of aromatic nitrogens is 2. The summed E-state index contributed by atoms with van der Waals surface area (Å²) in [5.74, 6) is -0.0438. The lowest BCUT2D eigenvalue weighted by Crippen LogP contribution is -2.22. The van der Waals surface area contributed by atoms with Crippen LogP contribution in [-0.2, 0) is 16.0 Å². The maximum atomic E-state index is 12.1. The van der Waals surface area contributed by atoms with Crippen molar-refractivity contribution in [2.45, 2.75) is 72.1 Å². The third kappa shape index (κ3) is 8.62. The summed E-state index contributed by atoms with van der Waals surface area (Å²) in [6.45, 7) is 7.13. The van der Waals surface area contributed by atoms with E-state index in [4.69, 9.17) is 9.47 Å². The molecule has 0 radical (unpaired) electrons. The van der Waals surface area contributed by atoms with Gasteiger partial charge in [0.15, 0.2) is 0 Å². The van der Waals surface area contributed by atoms with E-state index in [1.54, 1.807) is 12.1 Å². The SMILES string of the molecule is CCCCCCCCc1cnc(-c2ccc(OC(=O)C(C)COCCC)cc2)cn1. The molecule has 1 aromatic carbocycles. The van der Waals surface area contributed by atoms with Crippen LogP contribution in [0.4, 0.5) is 0 Å². The Hall–Kier alpha value is -2.27. The van der Waals surface area contributed by atoms with Gasteiger partial charge in [0.25, 0.3) is 0 Å². The van der Waals surface area contributed by atoms with Crippen molar-refractivity contribution in [3.63, 3.8) is 0 Å². The van der Waals surface area contributed by atoms with E-state index < -0.39 is 0 Å². The molecule has 1 aromatic heterocycles. The minimum Gasteiger partial charge on any atom is -0.426 e. The van der Waals surface area contributed by atoms with Gasteiger partial charge in [-0.2, -0.15) is 0 Å². The van der Waals surface area contributed by atoms with Crippen molar-refractivity contribution < 1.29 is 14.3 Å². The predicted molar refractivity (Wildman–Crippen MR) is 120 cm³/mol. The van der Waals surface area contributed by atoms with Crippen LogP contribution >= 0.6 is 0 Å². The number of rotatable bonds is 14. The van der Waals surface area contributed by atoms with Gasteiger partial charge in [0.2, 0.25) is 0 Å². The lowest BCUT2D eigenvalue weighted by Gasteiger charge is -2.11. The molecule has 0 saturated carbocycles. The number of hydrogen-bond acceptors (Lipinski definition) is 5. The molecule has 5 heteroatoms. The molecule has 0 fully saturated rings. The molecule has 1 atom stereocenters. The molecule has 30 heavy (non-hydrogen) atoms. The molecule has 1 heterocycles. The van der Waals surface area contributed by atoms with Gasteiger partial charge in [0, 0.05) is 18.4 Å². The van der Waals surface area contributed by atoms with Crippen molar-refractivity contribution in [1.82, 2.24) is 9.97 Å². The highest BCUT2D eigenvalue weighted by Gasteiger charge is 2.15. The Kier molecular flexibility index (Phi) is 11.1. The van der Waals surface area contributed by atoms with Gasteiger partial charge in [-0.15, -0.1) is 0 Å². The average Bonchev–Trinajstić information content (AvgIpc) is 2.77. The normalized spacial score (nSPS) is 12.0. The number of carbonyl (C=O) groups is 1. The van der Waals surface area contributed by atoms with E-state index in [-0.39, 0.29) is 11.9 Å². The first-order valence-corrected chi connectivity index (χ1v) is 11.3. The smallest absolute Gasteiger partial charge is 0.316 e. The summed E-state index contributed by atoms with van der Waals surface area (Å²) in [6.07, 6.45) is 13.3. The predicted octanol–water partition coefficient (Wildman–Crippen LogP) is 6.01. The van der Waals surface area contributed by atoms with Gasteiger partial charge in [-0.3, -0.25) is 14.8 Å². The highest BCUT2D eigenvalue weighted by molar-refractivity contribution is 5.75. The minimum atomic E-state index is -0.290. The van der Waals surface area contributed by atoms with Gasteiger partial charge in [0.05, 0.1) is 30.1 Å². The number of aryl methyl sites for hydroxylation is 1. The zero-order valence-electron chi connectivity index (χ0n) is 18.7. The van der Waals surface area contributed by atoms with Gasteiger partial charge < -0.3 is 9.47 Å². The first-order chi connectivity index (χ1) is 14.6. The van der Waals surface area contributed by atoms with Crippen LogP contribution in [-0.4, -0.2) is 29.2 Å². The molecule has 1 unspecified atom stereocenters. The molecule has 0 aliphatic carbocycles. The van der Waals surface area contributed by atoms with E-state index >= 15 is 0 Å². The molecule has 0 aliphatic rings. The average molecular weight is 413 g/mol. The van der Waals surface area contributed by atoms with Crippen LogP contribution in [0.2, 0.25) is 0 Å². The molecule has 2 aromatic rings. The van der Waals surface area contributed by atoms with Crippen molar-refractivity contribution in [1.29, 1.82) is 0 Å². The molecule has 0 amide bonds. The molecule has 5 nitrogen and oxygen atoms in total. The van der Waals surface area contributed by atoms with Crippen molar-refractivity contribution in [3.8, 4) is 17.0 Å². The third-order valence-electron chi connectivity index (χ3n) is 4.98. The van der Waals surface area contributed by atoms with Crippen LogP contribution in [0.15, 0.2) is 36.7 Å². The maximum absolute atomic E-state index is 12.1. The molecule has 2 rings (SSSR count). The number of carbonyl (C=O) groups excluding carboxylic acids is 1. The topological polar surface area (TPSA) is 61.3 Å². The summed E-state index contributed by atoms with van der Waals surface area (Å²) in [5.41, 5.74) is 2.81. The fraction of sp³-hybridized carbons (Fsp3) is 0.560.